The highest BCUT2D eigenvalue weighted by molar-refractivity contribution is 5.94. The molecule has 0 saturated heterocycles. The van der Waals surface area contributed by atoms with Gasteiger partial charge in [0.2, 0.25) is 0 Å². The van der Waals surface area contributed by atoms with E-state index in [1.165, 1.54) is 0 Å². The molecule has 0 aliphatic carbocycles. The Balaban J connectivity index is 2.68. The Hall–Kier alpha value is -1.89. The van der Waals surface area contributed by atoms with Crippen LogP contribution in [-0.4, -0.2) is 16.9 Å². The molecule has 0 aliphatic rings. The summed E-state index contributed by atoms with van der Waals surface area (Å²) in [6.07, 6.45) is 3.09. The SMILES string of the molecule is CC(C)C(C#N)NC(=O)c1ccncc1. The van der Waals surface area contributed by atoms with Gasteiger partial charge in [-0.2, -0.15) is 5.26 Å². The Morgan fingerprint density at radius 3 is 2.53 bits per heavy atom. The van der Waals surface area contributed by atoms with Gasteiger partial charge in [0.05, 0.1) is 6.07 Å². The van der Waals surface area contributed by atoms with Crippen LogP contribution in [0.25, 0.3) is 0 Å². The van der Waals surface area contributed by atoms with Crippen molar-refractivity contribution in [3.8, 4) is 6.07 Å². The molecule has 0 spiro atoms. The van der Waals surface area contributed by atoms with Crippen molar-refractivity contribution in [3.05, 3.63) is 30.1 Å². The number of nitriles is 1. The van der Waals surface area contributed by atoms with Crippen LogP contribution in [0, 0.1) is 17.2 Å². The third kappa shape index (κ3) is 3.06. The molecule has 15 heavy (non-hydrogen) atoms. The number of aromatic nitrogens is 1. The summed E-state index contributed by atoms with van der Waals surface area (Å²) < 4.78 is 0. The van der Waals surface area contributed by atoms with Crippen LogP contribution in [0.2, 0.25) is 0 Å². The lowest BCUT2D eigenvalue weighted by Gasteiger charge is -2.14. The van der Waals surface area contributed by atoms with Gasteiger partial charge in [-0.25, -0.2) is 0 Å². The Labute approximate surface area is 88.9 Å². The number of rotatable bonds is 3. The van der Waals surface area contributed by atoms with E-state index in [2.05, 4.69) is 16.4 Å². The molecule has 4 heteroatoms. The molecule has 4 nitrogen and oxygen atoms in total. The Morgan fingerprint density at radius 1 is 1.47 bits per heavy atom. The van der Waals surface area contributed by atoms with Gasteiger partial charge in [-0.15, -0.1) is 0 Å². The normalized spacial score (nSPS) is 11.9. The summed E-state index contributed by atoms with van der Waals surface area (Å²) in [4.78, 5) is 15.4. The molecule has 1 unspecified atom stereocenters. The summed E-state index contributed by atoms with van der Waals surface area (Å²) in [7, 11) is 0. The topological polar surface area (TPSA) is 65.8 Å². The van der Waals surface area contributed by atoms with Crippen molar-refractivity contribution in [1.82, 2.24) is 10.3 Å². The molecule has 78 valence electrons. The Bertz CT molecular complexity index is 367. The maximum Gasteiger partial charge on any atom is 0.252 e. The van der Waals surface area contributed by atoms with Gasteiger partial charge in [-0.05, 0) is 18.1 Å². The van der Waals surface area contributed by atoms with E-state index in [-0.39, 0.29) is 11.8 Å². The third-order valence-electron chi connectivity index (χ3n) is 2.03. The van der Waals surface area contributed by atoms with Crippen molar-refractivity contribution in [2.75, 3.05) is 0 Å². The lowest BCUT2D eigenvalue weighted by molar-refractivity contribution is 0.0937. The zero-order valence-corrected chi connectivity index (χ0v) is 8.77. The molecular weight excluding hydrogens is 190 g/mol. The van der Waals surface area contributed by atoms with Gasteiger partial charge in [-0.1, -0.05) is 13.8 Å². The van der Waals surface area contributed by atoms with Crippen LogP contribution in [0.3, 0.4) is 0 Å². The molecule has 0 aliphatic heterocycles. The molecule has 1 heterocycles. The summed E-state index contributed by atoms with van der Waals surface area (Å²) in [6, 6.07) is 4.83. The first kappa shape index (κ1) is 11.2. The fourth-order valence-corrected chi connectivity index (χ4v) is 1.08. The highest BCUT2D eigenvalue weighted by atomic mass is 16.1. The lowest BCUT2D eigenvalue weighted by atomic mass is 10.1. The van der Waals surface area contributed by atoms with Crippen molar-refractivity contribution >= 4 is 5.91 Å². The van der Waals surface area contributed by atoms with E-state index >= 15 is 0 Å². The van der Waals surface area contributed by atoms with Gasteiger partial charge >= 0.3 is 0 Å². The molecule has 1 aromatic heterocycles. The molecule has 0 radical (unpaired) electrons. The quantitative estimate of drug-likeness (QED) is 0.806. The molecule has 1 atom stereocenters. The minimum absolute atomic E-state index is 0.0980. The molecule has 1 amide bonds. The fourth-order valence-electron chi connectivity index (χ4n) is 1.08. The maximum absolute atomic E-state index is 11.6. The summed E-state index contributed by atoms with van der Waals surface area (Å²) >= 11 is 0. The lowest BCUT2D eigenvalue weighted by Crippen LogP contribution is -2.37. The number of nitrogens with zero attached hydrogens (tertiary/aromatic N) is 2. The predicted octanol–water partition coefficient (Wildman–Crippen LogP) is 1.36. The van der Waals surface area contributed by atoms with Gasteiger partial charge < -0.3 is 5.32 Å². The van der Waals surface area contributed by atoms with E-state index in [4.69, 9.17) is 5.26 Å². The fraction of sp³-hybridized carbons (Fsp3) is 0.364. The van der Waals surface area contributed by atoms with Crippen molar-refractivity contribution in [3.63, 3.8) is 0 Å². The van der Waals surface area contributed by atoms with Gasteiger partial charge in [-0.3, -0.25) is 9.78 Å². The van der Waals surface area contributed by atoms with E-state index in [0.29, 0.717) is 5.56 Å². The first-order chi connectivity index (χ1) is 7.15. The smallest absolute Gasteiger partial charge is 0.252 e. The molecule has 0 saturated carbocycles. The highest BCUT2D eigenvalue weighted by Crippen LogP contribution is 2.02. The third-order valence-corrected chi connectivity index (χ3v) is 2.03. The van der Waals surface area contributed by atoms with Crippen molar-refractivity contribution in [2.24, 2.45) is 5.92 Å². The van der Waals surface area contributed by atoms with E-state index in [1.807, 2.05) is 13.8 Å². The van der Waals surface area contributed by atoms with Gasteiger partial charge in [0.25, 0.3) is 5.91 Å². The molecule has 0 fully saturated rings. The average Bonchev–Trinajstić information content (AvgIpc) is 2.26. The van der Waals surface area contributed by atoms with Crippen molar-refractivity contribution < 1.29 is 4.79 Å². The molecule has 0 aromatic carbocycles. The highest BCUT2D eigenvalue weighted by Gasteiger charge is 2.15. The average molecular weight is 203 g/mol. The van der Waals surface area contributed by atoms with E-state index in [9.17, 15) is 4.79 Å². The van der Waals surface area contributed by atoms with Crippen molar-refractivity contribution in [2.45, 2.75) is 19.9 Å². The predicted molar refractivity (Wildman–Crippen MR) is 55.9 cm³/mol. The van der Waals surface area contributed by atoms with E-state index in [0.717, 1.165) is 0 Å². The first-order valence-corrected chi connectivity index (χ1v) is 4.75. The number of hydrogen-bond donors (Lipinski definition) is 1. The standard InChI is InChI=1S/C11H13N3O/c1-8(2)10(7-12)14-11(15)9-3-5-13-6-4-9/h3-6,8,10H,1-2H3,(H,14,15). The monoisotopic (exact) mass is 203 g/mol. The Morgan fingerprint density at radius 2 is 2.07 bits per heavy atom. The largest absolute Gasteiger partial charge is 0.336 e. The van der Waals surface area contributed by atoms with Crippen LogP contribution in [0.15, 0.2) is 24.5 Å². The van der Waals surface area contributed by atoms with Crippen LogP contribution in [0.1, 0.15) is 24.2 Å². The minimum Gasteiger partial charge on any atom is -0.336 e. The van der Waals surface area contributed by atoms with Crippen LogP contribution in [-0.2, 0) is 0 Å². The Kier molecular flexibility index (Phi) is 3.81. The number of pyridine rings is 1. The van der Waals surface area contributed by atoms with Crippen LogP contribution >= 0.6 is 0 Å². The molecule has 1 rings (SSSR count). The minimum atomic E-state index is -0.453. The van der Waals surface area contributed by atoms with Crippen LogP contribution in [0.5, 0.6) is 0 Å². The molecule has 1 N–H and O–H groups in total. The number of amides is 1. The van der Waals surface area contributed by atoms with Gasteiger partial charge in [0.15, 0.2) is 0 Å². The molecule has 0 bridgehead atoms. The van der Waals surface area contributed by atoms with Gasteiger partial charge in [0.1, 0.15) is 6.04 Å². The summed E-state index contributed by atoms with van der Waals surface area (Å²) in [5.74, 6) is -0.140. The number of nitrogens with one attached hydrogen (secondary N) is 1. The maximum atomic E-state index is 11.6. The number of carbonyl (C=O) groups is 1. The molecular formula is C11H13N3O. The van der Waals surface area contributed by atoms with E-state index < -0.39 is 6.04 Å². The number of hydrogen-bond acceptors (Lipinski definition) is 3. The van der Waals surface area contributed by atoms with Crippen molar-refractivity contribution in [1.29, 1.82) is 5.26 Å². The summed E-state index contributed by atoms with van der Waals surface area (Å²) in [5, 5.41) is 11.5. The van der Waals surface area contributed by atoms with Gasteiger partial charge in [0, 0.05) is 18.0 Å². The second-order valence-electron chi connectivity index (χ2n) is 3.56. The summed E-state index contributed by atoms with van der Waals surface area (Å²) in [5.41, 5.74) is 0.519. The zero-order chi connectivity index (χ0) is 11.3. The van der Waals surface area contributed by atoms with E-state index in [1.54, 1.807) is 24.5 Å². The first-order valence-electron chi connectivity index (χ1n) is 4.75. The van der Waals surface area contributed by atoms with Crippen LogP contribution < -0.4 is 5.32 Å². The second kappa shape index (κ2) is 5.11. The second-order valence-corrected chi connectivity index (χ2v) is 3.56. The number of carbonyl (C=O) groups excluding carboxylic acids is 1. The van der Waals surface area contributed by atoms with Crippen LogP contribution in [0.4, 0.5) is 0 Å². The molecule has 1 aromatic rings. The summed E-state index contributed by atoms with van der Waals surface area (Å²) in [6.45, 7) is 3.78. The zero-order valence-electron chi connectivity index (χ0n) is 8.77.